The smallest absolute Gasteiger partial charge is 0.106 e. The maximum absolute atomic E-state index is 8.57. The largest absolute Gasteiger partial charge is 0.399 e. The van der Waals surface area contributed by atoms with E-state index in [2.05, 4.69) is 16.1 Å². The van der Waals surface area contributed by atoms with Gasteiger partial charge < -0.3 is 4.84 Å². The van der Waals surface area contributed by atoms with E-state index in [0.29, 0.717) is 5.56 Å². The van der Waals surface area contributed by atoms with E-state index in [-0.39, 0.29) is 0 Å². The molecule has 0 radical (unpaired) electrons. The first-order valence-corrected chi connectivity index (χ1v) is 3.86. The first-order valence-electron chi connectivity index (χ1n) is 3.86. The van der Waals surface area contributed by atoms with E-state index in [1.165, 1.54) is 7.11 Å². The van der Waals surface area contributed by atoms with Crippen molar-refractivity contribution in [1.82, 2.24) is 0 Å². The molecule has 66 valence electrons. The maximum Gasteiger partial charge on any atom is 0.106 e. The van der Waals surface area contributed by atoms with Gasteiger partial charge in [-0.15, -0.1) is 0 Å². The zero-order valence-electron chi connectivity index (χ0n) is 7.61. The summed E-state index contributed by atoms with van der Waals surface area (Å²) in [6.45, 7) is 1.85. The fraction of sp³-hybridized carbons (Fsp3) is 0.200. The Morgan fingerprint density at radius 3 is 2.46 bits per heavy atom. The molecule has 0 amide bonds. The zero-order valence-corrected chi connectivity index (χ0v) is 7.61. The Morgan fingerprint density at radius 2 is 2.00 bits per heavy atom. The van der Waals surface area contributed by atoms with E-state index in [1.807, 2.05) is 19.1 Å². The summed E-state index contributed by atoms with van der Waals surface area (Å²) in [4.78, 5) is 4.64. The fourth-order valence-electron chi connectivity index (χ4n) is 0.976. The molecule has 1 aromatic carbocycles. The summed E-state index contributed by atoms with van der Waals surface area (Å²) in [5, 5.41) is 12.3. The molecule has 0 aliphatic carbocycles. The van der Waals surface area contributed by atoms with Crippen molar-refractivity contribution in [2.45, 2.75) is 6.92 Å². The van der Waals surface area contributed by atoms with Gasteiger partial charge in [-0.25, -0.2) is 0 Å². The molecule has 13 heavy (non-hydrogen) atoms. The summed E-state index contributed by atoms with van der Waals surface area (Å²) in [7, 11) is 1.51. The van der Waals surface area contributed by atoms with Crippen molar-refractivity contribution in [3.8, 4) is 6.07 Å². The second-order valence-corrected chi connectivity index (χ2v) is 2.55. The minimum Gasteiger partial charge on any atom is -0.399 e. The number of benzene rings is 1. The van der Waals surface area contributed by atoms with Crippen molar-refractivity contribution >= 4 is 5.71 Å². The van der Waals surface area contributed by atoms with E-state index in [1.54, 1.807) is 12.1 Å². The van der Waals surface area contributed by atoms with Crippen LogP contribution in [0.25, 0.3) is 0 Å². The van der Waals surface area contributed by atoms with E-state index in [0.717, 1.165) is 11.3 Å². The molecule has 0 atom stereocenters. The normalized spacial score (nSPS) is 10.7. The molecule has 0 bridgehead atoms. The average molecular weight is 174 g/mol. The minimum absolute atomic E-state index is 0.647. The van der Waals surface area contributed by atoms with E-state index in [4.69, 9.17) is 5.26 Å². The quantitative estimate of drug-likeness (QED) is 0.508. The Bertz CT molecular complexity index is 346. The van der Waals surface area contributed by atoms with Crippen LogP contribution in [0.2, 0.25) is 0 Å². The lowest BCUT2D eigenvalue weighted by molar-refractivity contribution is 0.213. The van der Waals surface area contributed by atoms with Gasteiger partial charge in [0.15, 0.2) is 0 Å². The monoisotopic (exact) mass is 174 g/mol. The summed E-state index contributed by atoms with van der Waals surface area (Å²) < 4.78 is 0. The van der Waals surface area contributed by atoms with Gasteiger partial charge in [0.2, 0.25) is 0 Å². The molecule has 0 unspecified atom stereocenters. The number of hydrogen-bond acceptors (Lipinski definition) is 3. The Kier molecular flexibility index (Phi) is 3.04. The van der Waals surface area contributed by atoms with Gasteiger partial charge in [-0.05, 0) is 24.6 Å². The van der Waals surface area contributed by atoms with Crippen LogP contribution in [-0.4, -0.2) is 12.8 Å². The first kappa shape index (κ1) is 9.27. The third-order valence-corrected chi connectivity index (χ3v) is 1.66. The summed E-state index contributed by atoms with van der Waals surface area (Å²) in [5.41, 5.74) is 2.40. The maximum atomic E-state index is 8.57. The van der Waals surface area contributed by atoms with Gasteiger partial charge in [-0.3, -0.25) is 0 Å². The highest BCUT2D eigenvalue weighted by molar-refractivity contribution is 5.98. The summed E-state index contributed by atoms with van der Waals surface area (Å²) in [5.74, 6) is 0. The van der Waals surface area contributed by atoms with E-state index < -0.39 is 0 Å². The molecule has 0 saturated heterocycles. The number of rotatable bonds is 2. The van der Waals surface area contributed by atoms with E-state index >= 15 is 0 Å². The average Bonchev–Trinajstić information content (AvgIpc) is 2.18. The second-order valence-electron chi connectivity index (χ2n) is 2.55. The minimum atomic E-state index is 0.647. The predicted molar refractivity (Wildman–Crippen MR) is 50.4 cm³/mol. The lowest BCUT2D eigenvalue weighted by Gasteiger charge is -1.98. The molecular formula is C10H10N2O. The van der Waals surface area contributed by atoms with Crippen molar-refractivity contribution < 1.29 is 4.84 Å². The Morgan fingerprint density at radius 1 is 1.38 bits per heavy atom. The first-order chi connectivity index (χ1) is 6.27. The molecule has 0 aromatic heterocycles. The highest BCUT2D eigenvalue weighted by atomic mass is 16.6. The molecule has 0 N–H and O–H groups in total. The standard InChI is InChI=1S/C10H10N2O/c1-8(12-13-2)10-5-3-9(7-11)4-6-10/h3-6H,1-2H3. The summed E-state index contributed by atoms with van der Waals surface area (Å²) in [6, 6.07) is 9.25. The van der Waals surface area contributed by atoms with Crippen LogP contribution >= 0.6 is 0 Å². The molecule has 0 spiro atoms. The van der Waals surface area contributed by atoms with Crippen LogP contribution in [0.4, 0.5) is 0 Å². The van der Waals surface area contributed by atoms with Gasteiger partial charge in [0.25, 0.3) is 0 Å². The Balaban J connectivity index is 2.94. The lowest BCUT2D eigenvalue weighted by atomic mass is 10.1. The lowest BCUT2D eigenvalue weighted by Crippen LogP contribution is -1.94. The van der Waals surface area contributed by atoms with Crippen molar-refractivity contribution in [3.63, 3.8) is 0 Å². The SMILES string of the molecule is CON=C(C)c1ccc(C#N)cc1. The fourth-order valence-corrected chi connectivity index (χ4v) is 0.976. The highest BCUT2D eigenvalue weighted by Gasteiger charge is 1.97. The van der Waals surface area contributed by atoms with Crippen LogP contribution in [0, 0.1) is 11.3 Å². The molecule has 0 saturated carbocycles. The topological polar surface area (TPSA) is 45.4 Å². The Hall–Kier alpha value is -1.82. The van der Waals surface area contributed by atoms with Gasteiger partial charge in [-0.1, -0.05) is 17.3 Å². The van der Waals surface area contributed by atoms with Crippen LogP contribution in [0.3, 0.4) is 0 Å². The van der Waals surface area contributed by atoms with Gasteiger partial charge in [0.05, 0.1) is 17.3 Å². The number of nitriles is 1. The molecule has 0 fully saturated rings. The van der Waals surface area contributed by atoms with Crippen LogP contribution < -0.4 is 0 Å². The third-order valence-electron chi connectivity index (χ3n) is 1.66. The molecule has 3 nitrogen and oxygen atoms in total. The molecule has 1 rings (SSSR count). The van der Waals surface area contributed by atoms with Crippen molar-refractivity contribution in [3.05, 3.63) is 35.4 Å². The van der Waals surface area contributed by atoms with Gasteiger partial charge in [0.1, 0.15) is 7.11 Å². The van der Waals surface area contributed by atoms with Crippen molar-refractivity contribution in [1.29, 1.82) is 5.26 Å². The third kappa shape index (κ3) is 2.31. The Labute approximate surface area is 77.2 Å². The zero-order chi connectivity index (χ0) is 9.68. The van der Waals surface area contributed by atoms with Gasteiger partial charge in [0, 0.05) is 0 Å². The van der Waals surface area contributed by atoms with Crippen LogP contribution in [-0.2, 0) is 4.84 Å². The highest BCUT2D eigenvalue weighted by Crippen LogP contribution is 2.04. The number of hydrogen-bond donors (Lipinski definition) is 0. The van der Waals surface area contributed by atoms with Crippen LogP contribution in [0.5, 0.6) is 0 Å². The second kappa shape index (κ2) is 4.27. The molecule has 0 aliphatic heterocycles. The molecule has 0 aliphatic rings. The predicted octanol–water partition coefficient (Wildman–Crippen LogP) is 1.93. The molecular weight excluding hydrogens is 164 g/mol. The van der Waals surface area contributed by atoms with Crippen LogP contribution in [0.15, 0.2) is 29.4 Å². The van der Waals surface area contributed by atoms with Gasteiger partial charge >= 0.3 is 0 Å². The molecule has 3 heteroatoms. The van der Waals surface area contributed by atoms with Gasteiger partial charge in [-0.2, -0.15) is 5.26 Å². The van der Waals surface area contributed by atoms with Crippen LogP contribution in [0.1, 0.15) is 18.1 Å². The van der Waals surface area contributed by atoms with E-state index in [9.17, 15) is 0 Å². The summed E-state index contributed by atoms with van der Waals surface area (Å²) >= 11 is 0. The molecule has 0 heterocycles. The van der Waals surface area contributed by atoms with Crippen molar-refractivity contribution in [2.24, 2.45) is 5.16 Å². The van der Waals surface area contributed by atoms with Crippen molar-refractivity contribution in [2.75, 3.05) is 7.11 Å². The molecule has 1 aromatic rings. The number of nitrogens with zero attached hydrogens (tertiary/aromatic N) is 2. The summed E-state index contributed by atoms with van der Waals surface area (Å²) in [6.07, 6.45) is 0. The number of oxime groups is 1.